The summed E-state index contributed by atoms with van der Waals surface area (Å²) in [5, 5.41) is 12.4. The maximum Gasteiger partial charge on any atom is 0.234 e. The third-order valence-corrected chi connectivity index (χ3v) is 7.06. The lowest BCUT2D eigenvalue weighted by Crippen LogP contribution is -2.14. The Morgan fingerprint density at radius 2 is 2.03 bits per heavy atom. The predicted molar refractivity (Wildman–Crippen MR) is 131 cm³/mol. The van der Waals surface area contributed by atoms with Crippen molar-refractivity contribution in [2.45, 2.75) is 37.9 Å². The second-order valence-corrected chi connectivity index (χ2v) is 9.36. The van der Waals surface area contributed by atoms with Crippen LogP contribution < -0.4 is 5.32 Å². The van der Waals surface area contributed by atoms with Crippen LogP contribution in [0, 0.1) is 6.92 Å². The highest BCUT2D eigenvalue weighted by atomic mass is 35.5. The van der Waals surface area contributed by atoms with Crippen molar-refractivity contribution < 1.29 is 4.79 Å². The van der Waals surface area contributed by atoms with Crippen LogP contribution >= 0.6 is 23.4 Å². The molecule has 0 radical (unpaired) electrons. The van der Waals surface area contributed by atoms with Gasteiger partial charge in [0.2, 0.25) is 5.91 Å². The molecule has 3 heterocycles. The largest absolute Gasteiger partial charge is 0.328 e. The molecule has 0 saturated carbocycles. The molecule has 33 heavy (non-hydrogen) atoms. The van der Waals surface area contributed by atoms with Crippen molar-refractivity contribution in [2.75, 3.05) is 11.1 Å². The predicted octanol–water partition coefficient (Wildman–Crippen LogP) is 5.16. The lowest BCUT2D eigenvalue weighted by Gasteiger charge is -2.16. The zero-order valence-electron chi connectivity index (χ0n) is 18.2. The number of nitrogens with zero attached hydrogens (tertiary/aromatic N) is 5. The van der Waals surface area contributed by atoms with E-state index in [0.29, 0.717) is 10.2 Å². The van der Waals surface area contributed by atoms with Crippen molar-refractivity contribution in [3.05, 3.63) is 71.3 Å². The molecule has 1 aliphatic rings. The van der Waals surface area contributed by atoms with Crippen LogP contribution in [0.15, 0.2) is 60.1 Å². The molecule has 0 unspecified atom stereocenters. The quantitative estimate of drug-likeness (QED) is 0.387. The average molecular weight is 479 g/mol. The fraction of sp³-hybridized carbons (Fsp3) is 0.250. The Hall–Kier alpha value is -3.10. The van der Waals surface area contributed by atoms with Crippen LogP contribution in [0.25, 0.3) is 17.1 Å². The minimum absolute atomic E-state index is 0.109. The number of aryl methyl sites for hydroxylation is 2. The molecule has 5 rings (SSSR count). The third-order valence-electron chi connectivity index (χ3n) is 5.71. The lowest BCUT2D eigenvalue weighted by atomic mass is 10.1. The number of amides is 1. The average Bonchev–Trinajstić information content (AvgIpc) is 3.47. The fourth-order valence-corrected chi connectivity index (χ4v) is 4.83. The van der Waals surface area contributed by atoms with Crippen LogP contribution in [0.1, 0.15) is 24.1 Å². The van der Waals surface area contributed by atoms with Gasteiger partial charge in [-0.2, -0.15) is 0 Å². The molecule has 2 aromatic heterocycles. The van der Waals surface area contributed by atoms with Crippen LogP contribution in [0.5, 0.6) is 0 Å². The number of anilines is 1. The zero-order chi connectivity index (χ0) is 22.8. The summed E-state index contributed by atoms with van der Waals surface area (Å²) < 4.78 is 4.12. The first-order valence-corrected chi connectivity index (χ1v) is 12.2. The molecule has 1 aliphatic heterocycles. The summed E-state index contributed by atoms with van der Waals surface area (Å²) >= 11 is 7.57. The number of hydrogen-bond acceptors (Lipinski definition) is 5. The minimum atomic E-state index is -0.109. The van der Waals surface area contributed by atoms with Crippen LogP contribution in [0.3, 0.4) is 0 Å². The summed E-state index contributed by atoms with van der Waals surface area (Å²) in [7, 11) is 0. The Morgan fingerprint density at radius 3 is 2.85 bits per heavy atom. The molecular weight excluding hydrogens is 456 g/mol. The van der Waals surface area contributed by atoms with Crippen molar-refractivity contribution in [1.82, 2.24) is 24.3 Å². The smallest absolute Gasteiger partial charge is 0.234 e. The number of hydrogen-bond donors (Lipinski definition) is 1. The maximum absolute atomic E-state index is 12.5. The number of halogens is 1. The van der Waals surface area contributed by atoms with E-state index in [2.05, 4.69) is 25.1 Å². The number of nitrogens with one attached hydrogen (secondary N) is 1. The summed E-state index contributed by atoms with van der Waals surface area (Å²) in [5.41, 5.74) is 4.96. The van der Waals surface area contributed by atoms with Gasteiger partial charge in [-0.1, -0.05) is 29.4 Å². The molecule has 0 atom stereocenters. The number of rotatable bonds is 6. The Kier molecular flexibility index (Phi) is 6.20. The van der Waals surface area contributed by atoms with Gasteiger partial charge in [-0.3, -0.25) is 9.36 Å². The molecule has 9 heteroatoms. The number of carbonyl (C=O) groups excluding carboxylic acids is 1. The Morgan fingerprint density at radius 1 is 1.18 bits per heavy atom. The summed E-state index contributed by atoms with van der Waals surface area (Å²) in [5.74, 6) is 1.10. The standard InChI is InChI=1S/C24H23ClN6OS/c1-16-5-10-19(12-21(16)25)31-15-27-29-24(31)33-14-22(32)28-18-8-6-17(7-9-18)23-26-13-20-4-2-3-11-30(20)23/h5-10,12-13,15H,2-4,11,14H2,1H3,(H,28,32). The second-order valence-electron chi connectivity index (χ2n) is 8.01. The fourth-order valence-electron chi connectivity index (χ4n) is 3.93. The van der Waals surface area contributed by atoms with E-state index in [4.69, 9.17) is 11.6 Å². The highest BCUT2D eigenvalue weighted by Gasteiger charge is 2.15. The van der Waals surface area contributed by atoms with Crippen LogP contribution in [0.2, 0.25) is 5.02 Å². The molecule has 0 aliphatic carbocycles. The van der Waals surface area contributed by atoms with Gasteiger partial charge in [0.1, 0.15) is 12.2 Å². The maximum atomic E-state index is 12.5. The molecular formula is C24H23ClN6OS. The Balaban J connectivity index is 1.21. The van der Waals surface area contributed by atoms with E-state index in [9.17, 15) is 4.79 Å². The number of aromatic nitrogens is 5. The first-order chi connectivity index (χ1) is 16.1. The second kappa shape index (κ2) is 9.41. The highest BCUT2D eigenvalue weighted by molar-refractivity contribution is 7.99. The summed E-state index contributed by atoms with van der Waals surface area (Å²) in [4.78, 5) is 17.1. The summed E-state index contributed by atoms with van der Waals surface area (Å²) in [6.07, 6.45) is 7.10. The first kappa shape index (κ1) is 21.7. The van der Waals surface area contributed by atoms with Crippen molar-refractivity contribution >= 4 is 35.0 Å². The van der Waals surface area contributed by atoms with Gasteiger partial charge in [-0.05, 0) is 68.1 Å². The van der Waals surface area contributed by atoms with E-state index >= 15 is 0 Å². The lowest BCUT2D eigenvalue weighted by molar-refractivity contribution is -0.113. The number of fused-ring (bicyclic) bond motifs is 1. The number of benzene rings is 2. The molecule has 0 bridgehead atoms. The van der Waals surface area contributed by atoms with Gasteiger partial charge >= 0.3 is 0 Å². The highest BCUT2D eigenvalue weighted by Crippen LogP contribution is 2.26. The van der Waals surface area contributed by atoms with Crippen molar-refractivity contribution in [1.29, 1.82) is 0 Å². The molecule has 2 aromatic carbocycles. The summed E-state index contributed by atoms with van der Waals surface area (Å²) in [6, 6.07) is 13.6. The zero-order valence-corrected chi connectivity index (χ0v) is 19.7. The molecule has 0 spiro atoms. The molecule has 1 N–H and O–H groups in total. The van der Waals surface area contributed by atoms with Crippen molar-refractivity contribution in [2.24, 2.45) is 0 Å². The van der Waals surface area contributed by atoms with Gasteiger partial charge in [-0.15, -0.1) is 10.2 Å². The van der Waals surface area contributed by atoms with E-state index in [1.54, 1.807) is 6.33 Å². The molecule has 0 saturated heterocycles. The monoisotopic (exact) mass is 478 g/mol. The molecule has 168 valence electrons. The summed E-state index contributed by atoms with van der Waals surface area (Å²) in [6.45, 7) is 2.97. The number of thioether (sulfide) groups is 1. The van der Waals surface area contributed by atoms with E-state index in [-0.39, 0.29) is 11.7 Å². The van der Waals surface area contributed by atoms with E-state index in [1.165, 1.54) is 30.3 Å². The normalized spacial score (nSPS) is 13.0. The third kappa shape index (κ3) is 4.67. The number of carbonyl (C=O) groups is 1. The van der Waals surface area contributed by atoms with E-state index < -0.39 is 0 Å². The molecule has 7 nitrogen and oxygen atoms in total. The Bertz CT molecular complexity index is 1300. The molecule has 1 amide bonds. The van der Waals surface area contributed by atoms with Gasteiger partial charge in [0.05, 0.1) is 11.4 Å². The van der Waals surface area contributed by atoms with Gasteiger partial charge < -0.3 is 9.88 Å². The van der Waals surface area contributed by atoms with Crippen molar-refractivity contribution in [3.63, 3.8) is 0 Å². The van der Waals surface area contributed by atoms with Crippen LogP contribution in [0.4, 0.5) is 5.69 Å². The molecule has 0 fully saturated rings. The molecule has 4 aromatic rings. The topological polar surface area (TPSA) is 77.6 Å². The first-order valence-electron chi connectivity index (χ1n) is 10.8. The van der Waals surface area contributed by atoms with Crippen molar-refractivity contribution in [3.8, 4) is 17.1 Å². The van der Waals surface area contributed by atoms with Gasteiger partial charge in [0.15, 0.2) is 5.16 Å². The number of imidazole rings is 1. The van der Waals surface area contributed by atoms with Gasteiger partial charge in [0, 0.05) is 34.7 Å². The van der Waals surface area contributed by atoms with E-state index in [0.717, 1.165) is 41.3 Å². The SMILES string of the molecule is Cc1ccc(-n2cnnc2SCC(=O)Nc2ccc(-c3ncc4n3CCCC4)cc2)cc1Cl. The minimum Gasteiger partial charge on any atom is -0.328 e. The van der Waals surface area contributed by atoms with Gasteiger partial charge in [0.25, 0.3) is 0 Å². The van der Waals surface area contributed by atoms with E-state index in [1.807, 2.05) is 60.2 Å². The van der Waals surface area contributed by atoms with Gasteiger partial charge in [-0.25, -0.2) is 4.98 Å². The van der Waals surface area contributed by atoms with Crippen LogP contribution in [-0.4, -0.2) is 36.0 Å². The van der Waals surface area contributed by atoms with Crippen LogP contribution in [-0.2, 0) is 17.8 Å². The Labute approximate surface area is 201 Å².